The summed E-state index contributed by atoms with van der Waals surface area (Å²) in [6, 6.07) is 4.03. The van der Waals surface area contributed by atoms with E-state index >= 15 is 0 Å². The van der Waals surface area contributed by atoms with Crippen molar-refractivity contribution >= 4 is 17.0 Å². The van der Waals surface area contributed by atoms with Crippen molar-refractivity contribution in [3.05, 3.63) is 29.8 Å². The van der Waals surface area contributed by atoms with E-state index in [1.165, 1.54) is 0 Å². The van der Waals surface area contributed by atoms with Crippen LogP contribution >= 0.6 is 0 Å². The van der Waals surface area contributed by atoms with Crippen molar-refractivity contribution in [2.75, 3.05) is 12.8 Å². The van der Waals surface area contributed by atoms with Crippen LogP contribution in [0.25, 0.3) is 11.0 Å². The highest BCUT2D eigenvalue weighted by atomic mass is 16.5. The molecule has 2 N–H and O–H groups in total. The molecule has 0 saturated heterocycles. The van der Waals surface area contributed by atoms with Crippen molar-refractivity contribution in [1.82, 2.24) is 9.55 Å². The van der Waals surface area contributed by atoms with Gasteiger partial charge in [0.05, 0.1) is 12.6 Å². The van der Waals surface area contributed by atoms with Crippen LogP contribution in [0.5, 0.6) is 5.75 Å². The molecule has 0 spiro atoms. The molecule has 4 nitrogen and oxygen atoms in total. The van der Waals surface area contributed by atoms with Crippen molar-refractivity contribution in [3.8, 4) is 5.75 Å². The Morgan fingerprint density at radius 1 is 1.39 bits per heavy atom. The molecule has 0 atom stereocenters. The van der Waals surface area contributed by atoms with Gasteiger partial charge in [0.15, 0.2) is 0 Å². The number of nitrogens with two attached hydrogens (primary N) is 1. The van der Waals surface area contributed by atoms with Crippen LogP contribution in [0.15, 0.2) is 24.3 Å². The third-order valence-corrected chi connectivity index (χ3v) is 2.89. The van der Waals surface area contributed by atoms with Crippen LogP contribution in [0.1, 0.15) is 18.9 Å². The summed E-state index contributed by atoms with van der Waals surface area (Å²) in [5.41, 5.74) is 8.93. The number of imidazole rings is 1. The Labute approximate surface area is 107 Å². The average molecular weight is 245 g/mol. The maximum absolute atomic E-state index is 5.97. The fraction of sp³-hybridized carbons (Fsp3) is 0.357. The summed E-state index contributed by atoms with van der Waals surface area (Å²) in [6.45, 7) is 4.85. The zero-order valence-electron chi connectivity index (χ0n) is 11.1. The van der Waals surface area contributed by atoms with Gasteiger partial charge in [-0.3, -0.25) is 0 Å². The molecule has 0 aliphatic heterocycles. The number of aryl methyl sites for hydroxylation is 1. The van der Waals surface area contributed by atoms with Gasteiger partial charge in [0, 0.05) is 6.54 Å². The fourth-order valence-corrected chi connectivity index (χ4v) is 2.07. The fourth-order valence-electron chi connectivity index (χ4n) is 2.07. The van der Waals surface area contributed by atoms with E-state index in [2.05, 4.69) is 24.1 Å². The Morgan fingerprint density at radius 3 is 2.83 bits per heavy atom. The Hall–Kier alpha value is -1.97. The predicted octanol–water partition coefficient (Wildman–Crippen LogP) is 2.90. The van der Waals surface area contributed by atoms with Crippen LogP contribution < -0.4 is 10.5 Å². The highest BCUT2D eigenvalue weighted by Gasteiger charge is 2.12. The number of methoxy groups -OCH3 is 1. The molecule has 1 aromatic carbocycles. The zero-order valence-corrected chi connectivity index (χ0v) is 11.1. The quantitative estimate of drug-likeness (QED) is 0.843. The van der Waals surface area contributed by atoms with Crippen LogP contribution in [-0.2, 0) is 6.54 Å². The maximum Gasteiger partial charge on any atom is 0.201 e. The van der Waals surface area contributed by atoms with E-state index in [0.29, 0.717) is 5.95 Å². The molecule has 4 heteroatoms. The Balaban J connectivity index is 2.57. The standard InChI is InChI=1S/C14H19N3O/c1-4-5-6-7-17-13-11(16-14(17)15)8-10(2)9-12(13)18-3/h5-6,8-9H,4,7H2,1-3H3,(H2,15,16)/b6-5+. The molecule has 1 aromatic heterocycles. The summed E-state index contributed by atoms with van der Waals surface area (Å²) in [5, 5.41) is 0. The van der Waals surface area contributed by atoms with Gasteiger partial charge in [-0.05, 0) is 31.0 Å². The second-order valence-corrected chi connectivity index (χ2v) is 4.30. The highest BCUT2D eigenvalue weighted by molar-refractivity contribution is 5.85. The van der Waals surface area contributed by atoms with Gasteiger partial charge in [-0.15, -0.1) is 0 Å². The summed E-state index contributed by atoms with van der Waals surface area (Å²) in [5.74, 6) is 1.34. The Bertz CT molecular complexity index is 584. The van der Waals surface area contributed by atoms with Crippen molar-refractivity contribution in [1.29, 1.82) is 0 Å². The number of nitrogen functional groups attached to an aromatic ring is 1. The lowest BCUT2D eigenvalue weighted by molar-refractivity contribution is 0.417. The van der Waals surface area contributed by atoms with E-state index in [1.54, 1.807) is 7.11 Å². The monoisotopic (exact) mass is 245 g/mol. The number of rotatable bonds is 4. The number of aromatic nitrogens is 2. The molecule has 96 valence electrons. The van der Waals surface area contributed by atoms with Gasteiger partial charge in [-0.1, -0.05) is 19.1 Å². The molecule has 0 bridgehead atoms. The summed E-state index contributed by atoms with van der Waals surface area (Å²) < 4.78 is 7.40. The largest absolute Gasteiger partial charge is 0.494 e. The van der Waals surface area contributed by atoms with Crippen molar-refractivity contribution < 1.29 is 4.74 Å². The molecule has 0 fully saturated rings. The van der Waals surface area contributed by atoms with E-state index in [0.717, 1.165) is 35.3 Å². The van der Waals surface area contributed by atoms with E-state index < -0.39 is 0 Å². The van der Waals surface area contributed by atoms with Crippen LogP contribution in [0, 0.1) is 6.92 Å². The smallest absolute Gasteiger partial charge is 0.201 e. The molecular formula is C14H19N3O. The molecule has 0 unspecified atom stereocenters. The van der Waals surface area contributed by atoms with Crippen molar-refractivity contribution in [3.63, 3.8) is 0 Å². The number of fused-ring (bicyclic) bond motifs is 1. The van der Waals surface area contributed by atoms with Crippen LogP contribution in [-0.4, -0.2) is 16.7 Å². The predicted molar refractivity (Wildman–Crippen MR) is 74.9 cm³/mol. The number of allylic oxidation sites excluding steroid dienone is 2. The van der Waals surface area contributed by atoms with E-state index in [9.17, 15) is 0 Å². The molecule has 0 radical (unpaired) electrons. The molecule has 0 amide bonds. The maximum atomic E-state index is 5.97. The second-order valence-electron chi connectivity index (χ2n) is 4.30. The van der Waals surface area contributed by atoms with E-state index in [-0.39, 0.29) is 0 Å². The molecule has 2 aromatic rings. The summed E-state index contributed by atoms with van der Waals surface area (Å²) >= 11 is 0. The number of hydrogen-bond donors (Lipinski definition) is 1. The molecule has 0 aliphatic rings. The number of hydrogen-bond acceptors (Lipinski definition) is 3. The first-order valence-electron chi connectivity index (χ1n) is 6.12. The lowest BCUT2D eigenvalue weighted by atomic mass is 10.2. The van der Waals surface area contributed by atoms with Crippen molar-refractivity contribution in [2.24, 2.45) is 0 Å². The first kappa shape index (κ1) is 12.5. The molecule has 1 heterocycles. The summed E-state index contributed by atoms with van der Waals surface area (Å²) in [6.07, 6.45) is 5.23. The minimum atomic E-state index is 0.523. The first-order chi connectivity index (χ1) is 8.67. The third kappa shape index (κ3) is 2.18. The normalized spacial score (nSPS) is 11.5. The lowest BCUT2D eigenvalue weighted by Crippen LogP contribution is -2.02. The lowest BCUT2D eigenvalue weighted by Gasteiger charge is -2.07. The Morgan fingerprint density at radius 2 is 2.17 bits per heavy atom. The molecule has 0 aliphatic carbocycles. The molecule has 18 heavy (non-hydrogen) atoms. The van der Waals surface area contributed by atoms with Crippen LogP contribution in [0.4, 0.5) is 5.95 Å². The number of nitrogens with zero attached hydrogens (tertiary/aromatic N) is 2. The van der Waals surface area contributed by atoms with Gasteiger partial charge in [0.25, 0.3) is 0 Å². The highest BCUT2D eigenvalue weighted by Crippen LogP contribution is 2.29. The Kier molecular flexibility index (Phi) is 3.55. The minimum Gasteiger partial charge on any atom is -0.494 e. The van der Waals surface area contributed by atoms with Gasteiger partial charge in [-0.2, -0.15) is 0 Å². The zero-order chi connectivity index (χ0) is 13.1. The van der Waals surface area contributed by atoms with Gasteiger partial charge in [0.1, 0.15) is 11.3 Å². The number of anilines is 1. The van der Waals surface area contributed by atoms with Gasteiger partial charge in [0.2, 0.25) is 5.95 Å². The van der Waals surface area contributed by atoms with Crippen molar-refractivity contribution in [2.45, 2.75) is 26.8 Å². The van der Waals surface area contributed by atoms with Gasteiger partial charge >= 0.3 is 0 Å². The summed E-state index contributed by atoms with van der Waals surface area (Å²) in [7, 11) is 1.67. The first-order valence-corrected chi connectivity index (χ1v) is 6.12. The molecule has 2 rings (SSSR count). The summed E-state index contributed by atoms with van der Waals surface area (Å²) in [4.78, 5) is 4.39. The van der Waals surface area contributed by atoms with E-state index in [4.69, 9.17) is 10.5 Å². The minimum absolute atomic E-state index is 0.523. The van der Waals surface area contributed by atoms with Crippen LogP contribution in [0.3, 0.4) is 0 Å². The van der Waals surface area contributed by atoms with Gasteiger partial charge < -0.3 is 15.0 Å². The van der Waals surface area contributed by atoms with Gasteiger partial charge in [-0.25, -0.2) is 4.98 Å². The van der Waals surface area contributed by atoms with E-state index in [1.807, 2.05) is 23.6 Å². The topological polar surface area (TPSA) is 53.1 Å². The molecule has 0 saturated carbocycles. The third-order valence-electron chi connectivity index (χ3n) is 2.89. The second kappa shape index (κ2) is 5.12. The molecular weight excluding hydrogens is 226 g/mol. The number of benzene rings is 1. The number of ether oxygens (including phenoxy) is 1. The van der Waals surface area contributed by atoms with Crippen LogP contribution in [0.2, 0.25) is 0 Å². The average Bonchev–Trinajstić information content (AvgIpc) is 2.65. The SMILES string of the molecule is CC/C=C/Cn1c(N)nc2cc(C)cc(OC)c21.